The molecular weight excluding hydrogens is 268 g/mol. The summed E-state index contributed by atoms with van der Waals surface area (Å²) >= 11 is 1.77. The van der Waals surface area contributed by atoms with Crippen LogP contribution in [0.2, 0.25) is 0 Å². The lowest BCUT2D eigenvalue weighted by molar-refractivity contribution is 0.502. The highest BCUT2D eigenvalue weighted by atomic mass is 32.1. The van der Waals surface area contributed by atoms with Crippen LogP contribution < -0.4 is 5.32 Å². The van der Waals surface area contributed by atoms with Crippen molar-refractivity contribution >= 4 is 11.3 Å². The molecule has 0 fully saturated rings. The Labute approximate surface area is 123 Å². The highest BCUT2D eigenvalue weighted by Crippen LogP contribution is 2.36. The Morgan fingerprint density at radius 2 is 2.20 bits per heavy atom. The van der Waals surface area contributed by atoms with E-state index in [4.69, 9.17) is 4.98 Å². The number of aryl methyl sites for hydroxylation is 1. The van der Waals surface area contributed by atoms with E-state index in [1.807, 2.05) is 6.07 Å². The van der Waals surface area contributed by atoms with Crippen LogP contribution in [0.5, 0.6) is 0 Å². The Balaban J connectivity index is 1.81. The third kappa shape index (κ3) is 2.88. The van der Waals surface area contributed by atoms with E-state index in [1.165, 1.54) is 29.8 Å². The molecule has 0 bridgehead atoms. The first-order valence-corrected chi connectivity index (χ1v) is 8.18. The van der Waals surface area contributed by atoms with Crippen molar-refractivity contribution in [2.45, 2.75) is 38.5 Å². The van der Waals surface area contributed by atoms with E-state index in [9.17, 15) is 0 Å². The number of aromatic nitrogens is 3. The lowest BCUT2D eigenvalue weighted by atomic mass is 9.91. The summed E-state index contributed by atoms with van der Waals surface area (Å²) in [4.78, 5) is 14.9. The van der Waals surface area contributed by atoms with Gasteiger partial charge in [0, 0.05) is 29.7 Å². The van der Waals surface area contributed by atoms with Crippen LogP contribution >= 0.6 is 11.3 Å². The zero-order valence-corrected chi connectivity index (χ0v) is 12.6. The van der Waals surface area contributed by atoms with Gasteiger partial charge in [0.1, 0.15) is 0 Å². The Hall–Kier alpha value is -1.33. The van der Waals surface area contributed by atoms with Gasteiger partial charge in [-0.15, -0.1) is 11.3 Å². The van der Waals surface area contributed by atoms with E-state index in [0.29, 0.717) is 5.92 Å². The molecule has 5 heteroatoms. The minimum absolute atomic E-state index is 0.555. The molecule has 1 atom stereocenters. The molecule has 1 aliphatic carbocycles. The van der Waals surface area contributed by atoms with Gasteiger partial charge in [-0.05, 0) is 38.3 Å². The summed E-state index contributed by atoms with van der Waals surface area (Å²) in [7, 11) is 0. The van der Waals surface area contributed by atoms with Crippen molar-refractivity contribution in [2.75, 3.05) is 13.1 Å². The molecule has 2 heterocycles. The molecule has 2 aromatic heterocycles. The number of hydrogen-bond donors (Lipinski definition) is 1. The normalized spacial score (nSPS) is 17.9. The van der Waals surface area contributed by atoms with Crippen molar-refractivity contribution in [3.63, 3.8) is 0 Å². The van der Waals surface area contributed by atoms with E-state index in [2.05, 4.69) is 22.2 Å². The van der Waals surface area contributed by atoms with Gasteiger partial charge in [0.25, 0.3) is 0 Å². The molecule has 0 aliphatic heterocycles. The smallest absolute Gasteiger partial charge is 0.188 e. The SMILES string of the molecule is CCCNCC1CCCc2sc(-c3ncccn3)nc21. The molecule has 4 nitrogen and oxygen atoms in total. The average Bonchev–Trinajstić information content (AvgIpc) is 2.93. The Morgan fingerprint density at radius 3 is 3.00 bits per heavy atom. The minimum atomic E-state index is 0.555. The molecule has 0 spiro atoms. The summed E-state index contributed by atoms with van der Waals surface area (Å²) < 4.78 is 0. The fraction of sp³-hybridized carbons (Fsp3) is 0.533. The van der Waals surface area contributed by atoms with Gasteiger partial charge >= 0.3 is 0 Å². The molecule has 1 N–H and O–H groups in total. The van der Waals surface area contributed by atoms with Gasteiger partial charge in [0.2, 0.25) is 0 Å². The molecule has 2 aromatic rings. The maximum absolute atomic E-state index is 4.83. The predicted octanol–water partition coefficient (Wildman–Crippen LogP) is 3.02. The second kappa shape index (κ2) is 6.41. The molecule has 0 amide bonds. The number of rotatable bonds is 5. The van der Waals surface area contributed by atoms with Crippen LogP contribution in [0.15, 0.2) is 18.5 Å². The number of fused-ring (bicyclic) bond motifs is 1. The van der Waals surface area contributed by atoms with E-state index in [-0.39, 0.29) is 0 Å². The van der Waals surface area contributed by atoms with Gasteiger partial charge in [-0.3, -0.25) is 0 Å². The summed E-state index contributed by atoms with van der Waals surface area (Å²) in [5.74, 6) is 1.31. The van der Waals surface area contributed by atoms with Crippen LogP contribution in [0.25, 0.3) is 10.8 Å². The molecule has 0 saturated carbocycles. The van der Waals surface area contributed by atoms with Gasteiger partial charge in [-0.1, -0.05) is 6.92 Å². The standard InChI is InChI=1S/C15H20N4S/c1-2-7-16-10-11-5-3-6-12-13(11)19-15(20-12)14-17-8-4-9-18-14/h4,8-9,11,16H,2-3,5-7,10H2,1H3. The van der Waals surface area contributed by atoms with E-state index < -0.39 is 0 Å². The maximum atomic E-state index is 4.83. The van der Waals surface area contributed by atoms with Crippen LogP contribution in [0.4, 0.5) is 0 Å². The van der Waals surface area contributed by atoms with Crippen LogP contribution in [-0.4, -0.2) is 28.0 Å². The van der Waals surface area contributed by atoms with Gasteiger partial charge in [-0.2, -0.15) is 0 Å². The second-order valence-corrected chi connectivity index (χ2v) is 6.28. The summed E-state index contributed by atoms with van der Waals surface area (Å²) in [5, 5.41) is 4.50. The van der Waals surface area contributed by atoms with Crippen molar-refractivity contribution in [3.05, 3.63) is 29.0 Å². The van der Waals surface area contributed by atoms with Crippen LogP contribution in [-0.2, 0) is 6.42 Å². The topological polar surface area (TPSA) is 50.7 Å². The monoisotopic (exact) mass is 288 g/mol. The predicted molar refractivity (Wildman–Crippen MR) is 82.0 cm³/mol. The first-order valence-electron chi connectivity index (χ1n) is 7.36. The number of thiazole rings is 1. The first-order chi connectivity index (χ1) is 9.88. The fourth-order valence-corrected chi connectivity index (χ4v) is 3.80. The van der Waals surface area contributed by atoms with Gasteiger partial charge in [-0.25, -0.2) is 15.0 Å². The Morgan fingerprint density at radius 1 is 1.35 bits per heavy atom. The fourth-order valence-electron chi connectivity index (χ4n) is 2.66. The molecule has 0 saturated heterocycles. The zero-order chi connectivity index (χ0) is 13.8. The summed E-state index contributed by atoms with van der Waals surface area (Å²) in [5.41, 5.74) is 1.28. The number of nitrogens with one attached hydrogen (secondary N) is 1. The van der Waals surface area contributed by atoms with Crippen LogP contribution in [0, 0.1) is 0 Å². The van der Waals surface area contributed by atoms with Gasteiger partial charge in [0.05, 0.1) is 5.69 Å². The number of hydrogen-bond acceptors (Lipinski definition) is 5. The average molecular weight is 288 g/mol. The second-order valence-electron chi connectivity index (χ2n) is 5.19. The highest BCUT2D eigenvalue weighted by molar-refractivity contribution is 7.15. The van der Waals surface area contributed by atoms with Crippen molar-refractivity contribution < 1.29 is 0 Å². The van der Waals surface area contributed by atoms with Crippen molar-refractivity contribution in [3.8, 4) is 10.8 Å². The van der Waals surface area contributed by atoms with Crippen LogP contribution in [0.3, 0.4) is 0 Å². The van der Waals surface area contributed by atoms with Crippen molar-refractivity contribution in [1.29, 1.82) is 0 Å². The molecule has 1 unspecified atom stereocenters. The summed E-state index contributed by atoms with van der Waals surface area (Å²) in [6.45, 7) is 4.33. The summed E-state index contributed by atoms with van der Waals surface area (Å²) in [6.07, 6.45) is 8.40. The van der Waals surface area contributed by atoms with E-state index in [0.717, 1.165) is 30.3 Å². The third-order valence-corrected chi connectivity index (χ3v) is 4.77. The van der Waals surface area contributed by atoms with E-state index >= 15 is 0 Å². The molecule has 1 aliphatic rings. The molecule has 0 radical (unpaired) electrons. The van der Waals surface area contributed by atoms with E-state index in [1.54, 1.807) is 23.7 Å². The molecule has 20 heavy (non-hydrogen) atoms. The lowest BCUT2D eigenvalue weighted by Crippen LogP contribution is -2.24. The highest BCUT2D eigenvalue weighted by Gasteiger charge is 2.25. The van der Waals surface area contributed by atoms with Gasteiger partial charge < -0.3 is 5.32 Å². The molecule has 3 rings (SSSR count). The van der Waals surface area contributed by atoms with Gasteiger partial charge in [0.15, 0.2) is 10.8 Å². The largest absolute Gasteiger partial charge is 0.316 e. The quantitative estimate of drug-likeness (QED) is 0.859. The number of nitrogens with zero attached hydrogens (tertiary/aromatic N) is 3. The molecule has 0 aromatic carbocycles. The van der Waals surface area contributed by atoms with Crippen molar-refractivity contribution in [2.24, 2.45) is 0 Å². The lowest BCUT2D eigenvalue weighted by Gasteiger charge is -2.21. The van der Waals surface area contributed by atoms with Crippen LogP contribution in [0.1, 0.15) is 42.7 Å². The summed E-state index contributed by atoms with van der Waals surface area (Å²) in [6, 6.07) is 1.84. The molecule has 106 valence electrons. The Kier molecular flexibility index (Phi) is 4.38. The Bertz CT molecular complexity index is 552. The van der Waals surface area contributed by atoms with Crippen molar-refractivity contribution in [1.82, 2.24) is 20.3 Å². The first kappa shape index (κ1) is 13.6. The maximum Gasteiger partial charge on any atom is 0.188 e. The molecular formula is C15H20N4S. The minimum Gasteiger partial charge on any atom is -0.316 e. The zero-order valence-electron chi connectivity index (χ0n) is 11.8. The third-order valence-electron chi connectivity index (χ3n) is 3.65.